The molecule has 126 valence electrons. The Morgan fingerprint density at radius 1 is 0.875 bits per heavy atom. The molecule has 0 fully saturated rings. The molecule has 1 amide bonds. The normalized spacial score (nSPS) is 10.2. The highest BCUT2D eigenvalue weighted by molar-refractivity contribution is 6.00. The van der Waals surface area contributed by atoms with Gasteiger partial charge in [0.05, 0.1) is 11.3 Å². The monoisotopic (exact) mass is 326 g/mol. The maximum Gasteiger partial charge on any atom is 0.303 e. The Kier molecular flexibility index (Phi) is 6.83. The fourth-order valence-corrected chi connectivity index (χ4v) is 2.34. The number of hydrogen-bond donors (Lipinski definition) is 3. The highest BCUT2D eigenvalue weighted by atomic mass is 16.4. The van der Waals surface area contributed by atoms with Crippen LogP contribution in [0.3, 0.4) is 0 Å². The summed E-state index contributed by atoms with van der Waals surface area (Å²) in [6.07, 6.45) is 2.37. The number of carbonyl (C=O) groups excluding carboxylic acids is 1. The second kappa shape index (κ2) is 9.35. The van der Waals surface area contributed by atoms with Crippen LogP contribution in [-0.2, 0) is 4.79 Å². The zero-order chi connectivity index (χ0) is 17.2. The number of carboxylic acid groups (broad SMARTS) is 1. The first-order chi connectivity index (χ1) is 11.7. The fraction of sp³-hybridized carbons (Fsp3) is 0.263. The molecule has 0 heterocycles. The summed E-state index contributed by atoms with van der Waals surface area (Å²) in [6.45, 7) is 0.540. The lowest BCUT2D eigenvalue weighted by molar-refractivity contribution is -0.137. The average Bonchev–Trinajstić information content (AvgIpc) is 2.59. The number of nitrogens with one attached hydrogen (secondary N) is 2. The van der Waals surface area contributed by atoms with Crippen molar-refractivity contribution in [3.63, 3.8) is 0 Å². The van der Waals surface area contributed by atoms with Gasteiger partial charge in [-0.2, -0.15) is 0 Å². The molecule has 3 N–H and O–H groups in total. The molecule has 0 unspecified atom stereocenters. The molecule has 24 heavy (non-hydrogen) atoms. The lowest BCUT2D eigenvalue weighted by atomic mass is 10.1. The van der Waals surface area contributed by atoms with Crippen LogP contribution in [0.4, 0.5) is 11.4 Å². The van der Waals surface area contributed by atoms with Crippen LogP contribution >= 0.6 is 0 Å². The van der Waals surface area contributed by atoms with E-state index in [1.54, 1.807) is 6.07 Å². The van der Waals surface area contributed by atoms with E-state index in [-0.39, 0.29) is 12.3 Å². The number of para-hydroxylation sites is 2. The summed E-state index contributed by atoms with van der Waals surface area (Å²) in [5, 5.41) is 14.7. The van der Waals surface area contributed by atoms with Gasteiger partial charge < -0.3 is 15.7 Å². The number of amides is 1. The molecule has 0 aliphatic heterocycles. The molecule has 0 aliphatic carbocycles. The lowest BCUT2D eigenvalue weighted by Gasteiger charge is -2.12. The third-order valence-corrected chi connectivity index (χ3v) is 3.58. The standard InChI is InChI=1S/C19H22N2O3/c22-18(23)13-5-2-8-14-20-19(24)16-11-6-7-12-17(16)21-15-9-3-1-4-10-15/h1,3-4,6-7,9-12,21H,2,5,8,13-14H2,(H,20,24)(H,22,23). The van der Waals surface area contributed by atoms with E-state index in [0.29, 0.717) is 18.5 Å². The van der Waals surface area contributed by atoms with Gasteiger partial charge in [0.2, 0.25) is 0 Å². The number of carbonyl (C=O) groups is 2. The molecular formula is C19H22N2O3. The minimum Gasteiger partial charge on any atom is -0.481 e. The van der Waals surface area contributed by atoms with Crippen LogP contribution in [0.5, 0.6) is 0 Å². The molecule has 5 heteroatoms. The highest BCUT2D eigenvalue weighted by Gasteiger charge is 2.10. The molecule has 0 atom stereocenters. The smallest absolute Gasteiger partial charge is 0.303 e. The van der Waals surface area contributed by atoms with Gasteiger partial charge in [0.15, 0.2) is 0 Å². The summed E-state index contributed by atoms with van der Waals surface area (Å²) in [4.78, 5) is 22.8. The summed E-state index contributed by atoms with van der Waals surface area (Å²) in [5.74, 6) is -0.910. The molecule has 0 spiro atoms. The van der Waals surface area contributed by atoms with Crippen molar-refractivity contribution in [2.24, 2.45) is 0 Å². The molecule has 5 nitrogen and oxygen atoms in total. The lowest BCUT2D eigenvalue weighted by Crippen LogP contribution is -2.25. The van der Waals surface area contributed by atoms with Crippen molar-refractivity contribution in [1.82, 2.24) is 5.32 Å². The molecule has 2 aromatic carbocycles. The summed E-state index contributed by atoms with van der Waals surface area (Å²) < 4.78 is 0. The van der Waals surface area contributed by atoms with E-state index in [0.717, 1.165) is 24.2 Å². The van der Waals surface area contributed by atoms with E-state index in [4.69, 9.17) is 5.11 Å². The number of carboxylic acids is 1. The second-order valence-corrected chi connectivity index (χ2v) is 5.50. The fourth-order valence-electron chi connectivity index (χ4n) is 2.34. The minimum absolute atomic E-state index is 0.132. The third-order valence-electron chi connectivity index (χ3n) is 3.58. The van der Waals surface area contributed by atoms with E-state index in [1.807, 2.05) is 48.5 Å². The number of benzene rings is 2. The van der Waals surface area contributed by atoms with Gasteiger partial charge in [0.1, 0.15) is 0 Å². The largest absolute Gasteiger partial charge is 0.481 e. The molecule has 0 saturated heterocycles. The molecular weight excluding hydrogens is 304 g/mol. The first-order valence-corrected chi connectivity index (χ1v) is 8.08. The number of hydrogen-bond acceptors (Lipinski definition) is 3. The van der Waals surface area contributed by atoms with Gasteiger partial charge in [-0.05, 0) is 37.1 Å². The van der Waals surface area contributed by atoms with Crippen molar-refractivity contribution in [2.45, 2.75) is 25.7 Å². The van der Waals surface area contributed by atoms with Gasteiger partial charge in [0.25, 0.3) is 5.91 Å². The molecule has 0 bridgehead atoms. The zero-order valence-electron chi connectivity index (χ0n) is 13.5. The van der Waals surface area contributed by atoms with Gasteiger partial charge in [-0.25, -0.2) is 0 Å². The van der Waals surface area contributed by atoms with Crippen LogP contribution in [0.2, 0.25) is 0 Å². The Bertz CT molecular complexity index is 671. The Hall–Kier alpha value is -2.82. The molecule has 0 aromatic heterocycles. The molecule has 0 saturated carbocycles. The van der Waals surface area contributed by atoms with Crippen molar-refractivity contribution >= 4 is 23.3 Å². The molecule has 0 radical (unpaired) electrons. The first-order valence-electron chi connectivity index (χ1n) is 8.08. The predicted octanol–water partition coefficient (Wildman–Crippen LogP) is 3.81. The highest BCUT2D eigenvalue weighted by Crippen LogP contribution is 2.20. The molecule has 2 rings (SSSR count). The topological polar surface area (TPSA) is 78.4 Å². The maximum atomic E-state index is 12.4. The summed E-state index contributed by atoms with van der Waals surface area (Å²) in [7, 11) is 0. The zero-order valence-corrected chi connectivity index (χ0v) is 13.5. The SMILES string of the molecule is O=C(O)CCCCCNC(=O)c1ccccc1Nc1ccccc1. The second-order valence-electron chi connectivity index (χ2n) is 5.50. The number of anilines is 2. The Labute approximate surface area is 141 Å². The van der Waals surface area contributed by atoms with Crippen molar-refractivity contribution in [3.8, 4) is 0 Å². The van der Waals surface area contributed by atoms with E-state index >= 15 is 0 Å². The van der Waals surface area contributed by atoms with Gasteiger partial charge in [0, 0.05) is 18.7 Å². The quantitative estimate of drug-likeness (QED) is 0.612. The Morgan fingerprint density at radius 3 is 2.33 bits per heavy atom. The van der Waals surface area contributed by atoms with Crippen molar-refractivity contribution in [2.75, 3.05) is 11.9 Å². The first kappa shape index (κ1) is 17.5. The summed E-state index contributed by atoms with van der Waals surface area (Å²) in [5.41, 5.74) is 2.27. The van der Waals surface area contributed by atoms with Crippen molar-refractivity contribution < 1.29 is 14.7 Å². The summed E-state index contributed by atoms with van der Waals surface area (Å²) >= 11 is 0. The summed E-state index contributed by atoms with van der Waals surface area (Å²) in [6, 6.07) is 17.1. The van der Waals surface area contributed by atoms with E-state index in [9.17, 15) is 9.59 Å². The van der Waals surface area contributed by atoms with Crippen molar-refractivity contribution in [3.05, 3.63) is 60.2 Å². The van der Waals surface area contributed by atoms with Crippen LogP contribution in [-0.4, -0.2) is 23.5 Å². The maximum absolute atomic E-state index is 12.4. The van der Waals surface area contributed by atoms with Crippen LogP contribution in [0.25, 0.3) is 0 Å². The minimum atomic E-state index is -0.778. The Balaban J connectivity index is 1.87. The third kappa shape index (κ3) is 5.76. The number of rotatable bonds is 9. The van der Waals surface area contributed by atoms with Crippen LogP contribution in [0.15, 0.2) is 54.6 Å². The van der Waals surface area contributed by atoms with Crippen molar-refractivity contribution in [1.29, 1.82) is 0 Å². The van der Waals surface area contributed by atoms with E-state index in [2.05, 4.69) is 10.6 Å². The van der Waals surface area contributed by atoms with Gasteiger partial charge in [-0.3, -0.25) is 9.59 Å². The molecule has 2 aromatic rings. The van der Waals surface area contributed by atoms with Gasteiger partial charge in [-0.15, -0.1) is 0 Å². The van der Waals surface area contributed by atoms with E-state index in [1.165, 1.54) is 0 Å². The Morgan fingerprint density at radius 2 is 1.58 bits per heavy atom. The number of unbranched alkanes of at least 4 members (excludes halogenated alkanes) is 2. The van der Waals surface area contributed by atoms with E-state index < -0.39 is 5.97 Å². The molecule has 0 aliphatic rings. The predicted molar refractivity (Wildman–Crippen MR) is 94.6 cm³/mol. The van der Waals surface area contributed by atoms with Crippen LogP contribution < -0.4 is 10.6 Å². The van der Waals surface area contributed by atoms with Gasteiger partial charge in [-0.1, -0.05) is 36.8 Å². The van der Waals surface area contributed by atoms with Crippen LogP contribution in [0, 0.1) is 0 Å². The van der Waals surface area contributed by atoms with Gasteiger partial charge >= 0.3 is 5.97 Å². The number of aliphatic carboxylic acids is 1. The van der Waals surface area contributed by atoms with Crippen LogP contribution in [0.1, 0.15) is 36.0 Å². The average molecular weight is 326 g/mol.